The molecule has 0 heterocycles. The van der Waals surface area contributed by atoms with E-state index < -0.39 is 0 Å². The first-order valence-electron chi connectivity index (χ1n) is 5.33. The summed E-state index contributed by atoms with van der Waals surface area (Å²) in [7, 11) is 0. The molecule has 0 fully saturated rings. The Morgan fingerprint density at radius 3 is 2.53 bits per heavy atom. The van der Waals surface area contributed by atoms with Crippen molar-refractivity contribution in [3.63, 3.8) is 0 Å². The molecule has 2 aromatic carbocycles. The Morgan fingerprint density at radius 2 is 1.80 bits per heavy atom. The molecule has 2 aromatic rings. The molecule has 0 radical (unpaired) electrons. The maximum atomic E-state index is 5.37. The van der Waals surface area contributed by atoms with Gasteiger partial charge in [0, 0.05) is 5.56 Å². The van der Waals surface area contributed by atoms with Crippen molar-refractivity contribution in [2.75, 3.05) is 0 Å². The fourth-order valence-electron chi connectivity index (χ4n) is 1.83. The van der Waals surface area contributed by atoms with Crippen molar-refractivity contribution in [2.24, 2.45) is 0 Å². The molecule has 0 saturated heterocycles. The van der Waals surface area contributed by atoms with E-state index in [0.29, 0.717) is 0 Å². The summed E-state index contributed by atoms with van der Waals surface area (Å²) in [5, 5.41) is 2.50. The Kier molecular flexibility index (Phi) is 2.74. The largest absolute Gasteiger partial charge is 0.115 e. The van der Waals surface area contributed by atoms with Gasteiger partial charge in [-0.25, -0.2) is 0 Å². The van der Waals surface area contributed by atoms with Gasteiger partial charge in [0.2, 0.25) is 0 Å². The molecule has 0 saturated carbocycles. The van der Waals surface area contributed by atoms with Crippen LogP contribution in [0.4, 0.5) is 0 Å². The van der Waals surface area contributed by atoms with Crippen LogP contribution in [0.15, 0.2) is 36.4 Å². The molecule has 0 amide bonds. The van der Waals surface area contributed by atoms with Gasteiger partial charge in [0.25, 0.3) is 0 Å². The maximum absolute atomic E-state index is 5.37. The Bertz CT molecular complexity index is 515. The van der Waals surface area contributed by atoms with E-state index in [4.69, 9.17) is 6.42 Å². The summed E-state index contributed by atoms with van der Waals surface area (Å²) in [6, 6.07) is 12.7. The predicted molar refractivity (Wildman–Crippen MR) is 65.9 cm³/mol. The summed E-state index contributed by atoms with van der Waals surface area (Å²) in [5.74, 6) is 2.66. The lowest BCUT2D eigenvalue weighted by Gasteiger charge is -2.02. The minimum Gasteiger partial charge on any atom is -0.115 e. The van der Waals surface area contributed by atoms with E-state index in [-0.39, 0.29) is 0 Å². The number of rotatable bonds is 2. The van der Waals surface area contributed by atoms with Crippen LogP contribution in [0.2, 0.25) is 0 Å². The maximum Gasteiger partial charge on any atom is 0.0248 e. The van der Waals surface area contributed by atoms with Crippen LogP contribution in [0.5, 0.6) is 0 Å². The third kappa shape index (κ3) is 2.02. The number of terminal acetylenes is 1. The van der Waals surface area contributed by atoms with Crippen molar-refractivity contribution >= 4 is 10.8 Å². The number of fused-ring (bicyclic) bond motifs is 1. The molecular formula is C15H14. The zero-order chi connectivity index (χ0) is 10.7. The highest BCUT2D eigenvalue weighted by Crippen LogP contribution is 2.18. The van der Waals surface area contributed by atoms with Crippen LogP contribution in [0.3, 0.4) is 0 Å². The first-order valence-corrected chi connectivity index (χ1v) is 5.33. The standard InChI is InChI=1S/C15H14/c1-3-5-13-7-9-14-10-12(4-2)6-8-15(14)11-13/h2,6-11H,3,5H2,1H3. The molecule has 0 heteroatoms. The molecule has 15 heavy (non-hydrogen) atoms. The second-order valence-corrected chi connectivity index (χ2v) is 3.79. The van der Waals surface area contributed by atoms with Crippen LogP contribution in [0.1, 0.15) is 24.5 Å². The fraction of sp³-hybridized carbons (Fsp3) is 0.200. The Labute approximate surface area is 90.9 Å². The van der Waals surface area contributed by atoms with E-state index in [9.17, 15) is 0 Å². The lowest BCUT2D eigenvalue weighted by Crippen LogP contribution is -1.83. The quantitative estimate of drug-likeness (QED) is 0.638. The molecule has 0 unspecified atom stereocenters. The van der Waals surface area contributed by atoms with Gasteiger partial charge < -0.3 is 0 Å². The lowest BCUT2D eigenvalue weighted by molar-refractivity contribution is 0.924. The van der Waals surface area contributed by atoms with Crippen LogP contribution in [0, 0.1) is 12.3 Å². The van der Waals surface area contributed by atoms with Gasteiger partial charge in [-0.1, -0.05) is 43.5 Å². The molecule has 0 atom stereocenters. The Balaban J connectivity index is 2.51. The van der Waals surface area contributed by atoms with E-state index in [1.165, 1.54) is 22.8 Å². The number of aryl methyl sites for hydroxylation is 1. The van der Waals surface area contributed by atoms with Crippen molar-refractivity contribution in [3.05, 3.63) is 47.5 Å². The van der Waals surface area contributed by atoms with Gasteiger partial charge in [-0.05, 0) is 34.9 Å². The van der Waals surface area contributed by atoms with Crippen LogP contribution in [-0.4, -0.2) is 0 Å². The molecule has 2 rings (SSSR count). The average molecular weight is 194 g/mol. The second kappa shape index (κ2) is 4.19. The molecule has 0 aliphatic heterocycles. The van der Waals surface area contributed by atoms with Crippen LogP contribution in [0.25, 0.3) is 10.8 Å². The van der Waals surface area contributed by atoms with Crippen molar-refractivity contribution in [2.45, 2.75) is 19.8 Å². The summed E-state index contributed by atoms with van der Waals surface area (Å²) in [6.45, 7) is 2.20. The highest BCUT2D eigenvalue weighted by molar-refractivity contribution is 5.84. The summed E-state index contributed by atoms with van der Waals surface area (Å²) in [6.07, 6.45) is 7.70. The van der Waals surface area contributed by atoms with Gasteiger partial charge in [-0.2, -0.15) is 0 Å². The van der Waals surface area contributed by atoms with Gasteiger partial charge in [0.05, 0.1) is 0 Å². The lowest BCUT2D eigenvalue weighted by atomic mass is 10.0. The van der Waals surface area contributed by atoms with Crippen LogP contribution < -0.4 is 0 Å². The zero-order valence-electron chi connectivity index (χ0n) is 8.96. The second-order valence-electron chi connectivity index (χ2n) is 3.79. The van der Waals surface area contributed by atoms with E-state index in [2.05, 4.69) is 43.2 Å². The van der Waals surface area contributed by atoms with Gasteiger partial charge in [0.1, 0.15) is 0 Å². The van der Waals surface area contributed by atoms with E-state index in [0.717, 1.165) is 12.0 Å². The Morgan fingerprint density at radius 1 is 1.07 bits per heavy atom. The highest BCUT2D eigenvalue weighted by Gasteiger charge is 1.96. The van der Waals surface area contributed by atoms with Crippen molar-refractivity contribution in [1.29, 1.82) is 0 Å². The van der Waals surface area contributed by atoms with E-state index in [1.54, 1.807) is 0 Å². The predicted octanol–water partition coefficient (Wildman–Crippen LogP) is 3.77. The van der Waals surface area contributed by atoms with E-state index >= 15 is 0 Å². The Hall–Kier alpha value is -1.74. The third-order valence-electron chi connectivity index (χ3n) is 2.61. The number of hydrogen-bond acceptors (Lipinski definition) is 0. The van der Waals surface area contributed by atoms with Crippen molar-refractivity contribution in [1.82, 2.24) is 0 Å². The summed E-state index contributed by atoms with van der Waals surface area (Å²) in [5.41, 5.74) is 2.35. The average Bonchev–Trinajstić information content (AvgIpc) is 2.29. The summed E-state index contributed by atoms with van der Waals surface area (Å²) < 4.78 is 0. The molecular weight excluding hydrogens is 180 g/mol. The first-order chi connectivity index (χ1) is 7.33. The normalized spacial score (nSPS) is 10.1. The van der Waals surface area contributed by atoms with Crippen LogP contribution in [-0.2, 0) is 6.42 Å². The third-order valence-corrected chi connectivity index (χ3v) is 2.61. The van der Waals surface area contributed by atoms with Gasteiger partial charge >= 0.3 is 0 Å². The highest BCUT2D eigenvalue weighted by atomic mass is 14.0. The SMILES string of the molecule is C#Cc1ccc2cc(CCC)ccc2c1. The molecule has 0 N–H and O–H groups in total. The van der Waals surface area contributed by atoms with Gasteiger partial charge in [-0.3, -0.25) is 0 Å². The van der Waals surface area contributed by atoms with E-state index in [1.807, 2.05) is 6.07 Å². The van der Waals surface area contributed by atoms with Gasteiger partial charge in [0.15, 0.2) is 0 Å². The number of hydrogen-bond donors (Lipinski definition) is 0. The monoisotopic (exact) mass is 194 g/mol. The molecule has 0 spiro atoms. The summed E-state index contributed by atoms with van der Waals surface area (Å²) >= 11 is 0. The fourth-order valence-corrected chi connectivity index (χ4v) is 1.83. The topological polar surface area (TPSA) is 0 Å². The first kappa shape index (κ1) is 9.80. The smallest absolute Gasteiger partial charge is 0.0248 e. The minimum absolute atomic E-state index is 0.950. The summed E-state index contributed by atoms with van der Waals surface area (Å²) in [4.78, 5) is 0. The zero-order valence-corrected chi connectivity index (χ0v) is 8.96. The molecule has 0 bridgehead atoms. The molecule has 74 valence electrons. The van der Waals surface area contributed by atoms with Crippen molar-refractivity contribution < 1.29 is 0 Å². The van der Waals surface area contributed by atoms with Crippen molar-refractivity contribution in [3.8, 4) is 12.3 Å². The van der Waals surface area contributed by atoms with Crippen LogP contribution >= 0.6 is 0 Å². The van der Waals surface area contributed by atoms with Gasteiger partial charge in [-0.15, -0.1) is 6.42 Å². The molecule has 0 aliphatic rings. The molecule has 0 aliphatic carbocycles. The minimum atomic E-state index is 0.950. The molecule has 0 aromatic heterocycles. The number of benzene rings is 2. The molecule has 0 nitrogen and oxygen atoms in total.